The molecule has 1 aromatic rings. The van der Waals surface area contributed by atoms with Crippen LogP contribution in [-0.4, -0.2) is 34.4 Å². The molecule has 0 saturated carbocycles. The Labute approximate surface area is 104 Å². The molecule has 1 rings (SSSR count). The number of amides is 2. The Bertz CT molecular complexity index is 407. The van der Waals surface area contributed by atoms with Gasteiger partial charge in [0, 0.05) is 6.54 Å². The molecular formula is C10H13ClN4O2. The quantitative estimate of drug-likeness (QED) is 0.816. The van der Waals surface area contributed by atoms with E-state index < -0.39 is 11.9 Å². The van der Waals surface area contributed by atoms with E-state index in [0.717, 1.165) is 0 Å². The predicted molar refractivity (Wildman–Crippen MR) is 62.7 cm³/mol. The van der Waals surface area contributed by atoms with Crippen molar-refractivity contribution in [3.63, 3.8) is 0 Å². The van der Waals surface area contributed by atoms with E-state index >= 15 is 0 Å². The minimum atomic E-state index is -0.625. The maximum absolute atomic E-state index is 11.6. The Morgan fingerprint density at radius 3 is 2.65 bits per heavy atom. The van der Waals surface area contributed by atoms with Crippen LogP contribution in [0, 0.1) is 0 Å². The van der Waals surface area contributed by atoms with Crippen LogP contribution in [0.15, 0.2) is 12.4 Å². The van der Waals surface area contributed by atoms with Gasteiger partial charge >= 0.3 is 0 Å². The van der Waals surface area contributed by atoms with Crippen molar-refractivity contribution in [3.8, 4) is 0 Å². The Hall–Kier alpha value is -1.69. The second-order valence-corrected chi connectivity index (χ2v) is 3.70. The first-order valence-corrected chi connectivity index (χ1v) is 5.48. The molecule has 1 heterocycles. The first-order chi connectivity index (χ1) is 8.04. The van der Waals surface area contributed by atoms with Crippen molar-refractivity contribution >= 4 is 23.4 Å². The van der Waals surface area contributed by atoms with Gasteiger partial charge in [-0.25, -0.2) is 9.97 Å². The van der Waals surface area contributed by atoms with Crippen LogP contribution in [0.1, 0.15) is 24.3 Å². The van der Waals surface area contributed by atoms with Gasteiger partial charge in [0.1, 0.15) is 16.9 Å². The summed E-state index contributed by atoms with van der Waals surface area (Å²) in [6.07, 6.45) is 2.52. The van der Waals surface area contributed by atoms with Gasteiger partial charge in [-0.05, 0) is 13.8 Å². The van der Waals surface area contributed by atoms with Gasteiger partial charge in [0.25, 0.3) is 5.91 Å². The van der Waals surface area contributed by atoms with Gasteiger partial charge in [0.05, 0.1) is 12.4 Å². The van der Waals surface area contributed by atoms with E-state index in [2.05, 4.69) is 20.6 Å². The first-order valence-electron chi connectivity index (χ1n) is 5.10. The van der Waals surface area contributed by atoms with E-state index in [1.807, 2.05) is 0 Å². The van der Waals surface area contributed by atoms with Crippen LogP contribution in [0.2, 0.25) is 5.15 Å². The van der Waals surface area contributed by atoms with Gasteiger partial charge in [0.2, 0.25) is 5.91 Å². The van der Waals surface area contributed by atoms with E-state index in [0.29, 0.717) is 6.54 Å². The highest BCUT2D eigenvalue weighted by atomic mass is 35.5. The summed E-state index contributed by atoms with van der Waals surface area (Å²) < 4.78 is 0. The molecule has 0 spiro atoms. The fourth-order valence-corrected chi connectivity index (χ4v) is 1.19. The maximum Gasteiger partial charge on any atom is 0.272 e. The number of aromatic nitrogens is 2. The van der Waals surface area contributed by atoms with E-state index in [-0.39, 0.29) is 16.8 Å². The highest BCUT2D eigenvalue weighted by Crippen LogP contribution is 2.01. The zero-order valence-corrected chi connectivity index (χ0v) is 10.3. The molecule has 0 fully saturated rings. The predicted octanol–water partition coefficient (Wildman–Crippen LogP) is 0.384. The number of halogens is 1. The molecule has 0 aliphatic carbocycles. The van der Waals surface area contributed by atoms with Crippen LogP contribution in [0.5, 0.6) is 0 Å². The number of hydrogen-bond acceptors (Lipinski definition) is 4. The molecule has 0 aromatic carbocycles. The van der Waals surface area contributed by atoms with Crippen molar-refractivity contribution in [1.29, 1.82) is 0 Å². The zero-order chi connectivity index (χ0) is 12.8. The number of nitrogens with zero attached hydrogens (tertiary/aromatic N) is 2. The molecule has 2 amide bonds. The van der Waals surface area contributed by atoms with Crippen LogP contribution in [0.4, 0.5) is 0 Å². The van der Waals surface area contributed by atoms with Crippen molar-refractivity contribution in [1.82, 2.24) is 20.6 Å². The third-order valence-corrected chi connectivity index (χ3v) is 2.14. The van der Waals surface area contributed by atoms with Gasteiger partial charge in [0.15, 0.2) is 0 Å². The average molecular weight is 257 g/mol. The molecule has 92 valence electrons. The molecule has 0 bridgehead atoms. The lowest BCUT2D eigenvalue weighted by Crippen LogP contribution is -2.44. The van der Waals surface area contributed by atoms with E-state index in [9.17, 15) is 9.59 Å². The summed E-state index contributed by atoms with van der Waals surface area (Å²) >= 11 is 5.54. The minimum absolute atomic E-state index is 0.116. The van der Waals surface area contributed by atoms with E-state index in [1.165, 1.54) is 12.4 Å². The molecule has 7 heteroatoms. The van der Waals surface area contributed by atoms with E-state index in [4.69, 9.17) is 11.6 Å². The standard InChI is InChI=1S/C10H13ClN4O2/c1-3-12-9(16)6(2)15-10(17)7-4-14-8(11)5-13-7/h4-6H,3H2,1-2H3,(H,12,16)(H,15,17). The summed E-state index contributed by atoms with van der Waals surface area (Å²) in [4.78, 5) is 30.5. The van der Waals surface area contributed by atoms with Crippen molar-refractivity contribution in [3.05, 3.63) is 23.2 Å². The minimum Gasteiger partial charge on any atom is -0.355 e. The number of carbonyl (C=O) groups is 2. The Balaban J connectivity index is 2.60. The average Bonchev–Trinajstić information content (AvgIpc) is 2.30. The third-order valence-electron chi connectivity index (χ3n) is 1.94. The summed E-state index contributed by atoms with van der Waals surface area (Å²) in [7, 11) is 0. The summed E-state index contributed by atoms with van der Waals surface area (Å²) in [5, 5.41) is 5.31. The molecule has 0 radical (unpaired) electrons. The van der Waals surface area contributed by atoms with Crippen molar-refractivity contribution in [2.24, 2.45) is 0 Å². The highest BCUT2D eigenvalue weighted by molar-refractivity contribution is 6.29. The van der Waals surface area contributed by atoms with E-state index in [1.54, 1.807) is 13.8 Å². The van der Waals surface area contributed by atoms with Crippen LogP contribution >= 0.6 is 11.6 Å². The summed E-state index contributed by atoms with van der Waals surface area (Å²) in [6, 6.07) is -0.625. The smallest absolute Gasteiger partial charge is 0.272 e. The second-order valence-electron chi connectivity index (χ2n) is 3.31. The molecule has 2 N–H and O–H groups in total. The van der Waals surface area contributed by atoms with Gasteiger partial charge in [-0.3, -0.25) is 9.59 Å². The molecule has 1 unspecified atom stereocenters. The number of rotatable bonds is 4. The first kappa shape index (κ1) is 13.4. The van der Waals surface area contributed by atoms with Crippen LogP contribution in [-0.2, 0) is 4.79 Å². The van der Waals surface area contributed by atoms with Crippen molar-refractivity contribution in [2.45, 2.75) is 19.9 Å². The number of hydrogen-bond donors (Lipinski definition) is 2. The lowest BCUT2D eigenvalue weighted by Gasteiger charge is -2.12. The SMILES string of the molecule is CCNC(=O)C(C)NC(=O)c1cnc(Cl)cn1. The normalized spacial score (nSPS) is 11.7. The van der Waals surface area contributed by atoms with Crippen LogP contribution in [0.3, 0.4) is 0 Å². The lowest BCUT2D eigenvalue weighted by molar-refractivity contribution is -0.122. The summed E-state index contributed by atoms with van der Waals surface area (Å²) in [6.45, 7) is 3.91. The molecule has 0 saturated heterocycles. The van der Waals surface area contributed by atoms with Gasteiger partial charge in [-0.15, -0.1) is 0 Å². The summed E-state index contributed by atoms with van der Waals surface area (Å²) in [5.41, 5.74) is 0.116. The molecule has 0 aliphatic rings. The van der Waals surface area contributed by atoms with Crippen molar-refractivity contribution < 1.29 is 9.59 Å². The fraction of sp³-hybridized carbons (Fsp3) is 0.400. The fourth-order valence-electron chi connectivity index (χ4n) is 1.09. The van der Waals surface area contributed by atoms with Crippen molar-refractivity contribution in [2.75, 3.05) is 6.54 Å². The number of carbonyl (C=O) groups excluding carboxylic acids is 2. The number of nitrogens with one attached hydrogen (secondary N) is 2. The monoisotopic (exact) mass is 256 g/mol. The maximum atomic E-state index is 11.6. The topological polar surface area (TPSA) is 84.0 Å². The van der Waals surface area contributed by atoms with Crippen LogP contribution in [0.25, 0.3) is 0 Å². The molecular weight excluding hydrogens is 244 g/mol. The van der Waals surface area contributed by atoms with Gasteiger partial charge in [-0.2, -0.15) is 0 Å². The van der Waals surface area contributed by atoms with Crippen LogP contribution < -0.4 is 10.6 Å². The highest BCUT2D eigenvalue weighted by Gasteiger charge is 2.16. The Morgan fingerprint density at radius 2 is 2.12 bits per heavy atom. The molecule has 1 aromatic heterocycles. The molecule has 0 aliphatic heterocycles. The van der Waals surface area contributed by atoms with Gasteiger partial charge in [-0.1, -0.05) is 11.6 Å². The molecule has 6 nitrogen and oxygen atoms in total. The number of likely N-dealkylation sites (N-methyl/N-ethyl adjacent to an activating group) is 1. The second kappa shape index (κ2) is 6.15. The Kier molecular flexibility index (Phi) is 4.84. The Morgan fingerprint density at radius 1 is 1.41 bits per heavy atom. The zero-order valence-electron chi connectivity index (χ0n) is 9.53. The largest absolute Gasteiger partial charge is 0.355 e. The third kappa shape index (κ3) is 3.99. The summed E-state index contributed by atoms with van der Waals surface area (Å²) in [5.74, 6) is -0.712. The molecule has 1 atom stereocenters. The van der Waals surface area contributed by atoms with Gasteiger partial charge < -0.3 is 10.6 Å². The lowest BCUT2D eigenvalue weighted by atomic mass is 10.3. The molecule has 17 heavy (non-hydrogen) atoms.